The summed E-state index contributed by atoms with van der Waals surface area (Å²) in [4.78, 5) is 34.2. The number of fused-ring (bicyclic) bond motifs is 1. The summed E-state index contributed by atoms with van der Waals surface area (Å²) in [5, 5.41) is 3.40. The molecule has 3 heterocycles. The zero-order valence-electron chi connectivity index (χ0n) is 15.4. The molecule has 7 nitrogen and oxygen atoms in total. The van der Waals surface area contributed by atoms with Crippen molar-refractivity contribution in [1.29, 1.82) is 0 Å². The number of rotatable bonds is 3. The van der Waals surface area contributed by atoms with Gasteiger partial charge in [-0.25, -0.2) is 4.98 Å². The molecule has 3 aromatic rings. The third-order valence-electron chi connectivity index (χ3n) is 4.85. The van der Waals surface area contributed by atoms with Gasteiger partial charge >= 0.3 is 0 Å². The Balaban J connectivity index is 1.65. The van der Waals surface area contributed by atoms with Gasteiger partial charge in [-0.3, -0.25) is 14.0 Å². The van der Waals surface area contributed by atoms with Crippen LogP contribution in [0.15, 0.2) is 48.7 Å². The molecule has 8 heteroatoms. The lowest BCUT2D eigenvalue weighted by Crippen LogP contribution is -2.47. The fourth-order valence-corrected chi connectivity index (χ4v) is 3.36. The van der Waals surface area contributed by atoms with E-state index >= 15 is 0 Å². The first kappa shape index (κ1) is 18.5. The molecule has 1 fully saturated rings. The van der Waals surface area contributed by atoms with Gasteiger partial charge in [0, 0.05) is 43.1 Å². The van der Waals surface area contributed by atoms with Crippen molar-refractivity contribution in [2.75, 3.05) is 38.5 Å². The van der Waals surface area contributed by atoms with Gasteiger partial charge < -0.3 is 15.1 Å². The van der Waals surface area contributed by atoms with Crippen LogP contribution in [0.4, 0.5) is 5.69 Å². The number of anilines is 1. The summed E-state index contributed by atoms with van der Waals surface area (Å²) < 4.78 is 1.68. The molecule has 144 valence electrons. The highest BCUT2D eigenvalue weighted by atomic mass is 35.5. The van der Waals surface area contributed by atoms with Crippen molar-refractivity contribution < 1.29 is 9.59 Å². The lowest BCUT2D eigenvalue weighted by molar-refractivity contribution is 0.0651. The number of hydrogen-bond donors (Lipinski definition) is 1. The number of piperazine rings is 1. The Labute approximate surface area is 167 Å². The highest BCUT2D eigenvalue weighted by Gasteiger charge is 2.27. The van der Waals surface area contributed by atoms with E-state index in [4.69, 9.17) is 11.6 Å². The van der Waals surface area contributed by atoms with E-state index in [1.807, 2.05) is 19.2 Å². The number of hydrogen-bond acceptors (Lipinski definition) is 4. The highest BCUT2D eigenvalue weighted by Crippen LogP contribution is 2.19. The van der Waals surface area contributed by atoms with Crippen LogP contribution in [0.5, 0.6) is 0 Å². The van der Waals surface area contributed by atoms with E-state index in [0.717, 1.165) is 13.1 Å². The summed E-state index contributed by atoms with van der Waals surface area (Å²) in [6, 6.07) is 12.3. The van der Waals surface area contributed by atoms with Gasteiger partial charge in [0.25, 0.3) is 11.8 Å². The Kier molecular flexibility index (Phi) is 5.02. The lowest BCUT2D eigenvalue weighted by Gasteiger charge is -2.31. The molecule has 1 N–H and O–H groups in total. The Bertz CT molecular complexity index is 1020. The third kappa shape index (κ3) is 3.58. The Morgan fingerprint density at radius 3 is 2.46 bits per heavy atom. The molecule has 4 rings (SSSR count). The maximum Gasteiger partial charge on any atom is 0.290 e. The molecule has 0 spiro atoms. The van der Waals surface area contributed by atoms with Crippen molar-refractivity contribution >= 4 is 34.6 Å². The number of nitrogens with zero attached hydrogens (tertiary/aromatic N) is 4. The standard InChI is InChI=1S/C20H20ClN5O2/c1-24-10-12-25(13-11-24)20(28)18-23-17(16-4-2-3-9-26(16)18)19(27)22-15-7-5-14(21)6-8-15/h2-9H,10-13H2,1H3,(H,22,27). The fourth-order valence-electron chi connectivity index (χ4n) is 3.23. The number of likely N-dealkylation sites (N-methyl/N-ethyl adjacent to an activating group) is 1. The minimum Gasteiger partial charge on any atom is -0.333 e. The van der Waals surface area contributed by atoms with Gasteiger partial charge in [0.1, 0.15) is 0 Å². The quantitative estimate of drug-likeness (QED) is 0.737. The molecule has 0 saturated carbocycles. The predicted octanol–water partition coefficient (Wildman–Crippen LogP) is 2.63. The number of nitrogens with one attached hydrogen (secondary N) is 1. The second-order valence-electron chi connectivity index (χ2n) is 6.80. The Morgan fingerprint density at radius 1 is 1.04 bits per heavy atom. The summed E-state index contributed by atoms with van der Waals surface area (Å²) in [7, 11) is 2.03. The molecule has 0 atom stereocenters. The van der Waals surface area contributed by atoms with Gasteiger partial charge in [-0.1, -0.05) is 17.7 Å². The second kappa shape index (κ2) is 7.61. The molecule has 0 aliphatic carbocycles. The minimum absolute atomic E-state index is 0.167. The van der Waals surface area contributed by atoms with Crippen LogP contribution in [-0.4, -0.2) is 64.2 Å². The van der Waals surface area contributed by atoms with Crippen molar-refractivity contribution in [2.24, 2.45) is 0 Å². The molecule has 0 radical (unpaired) electrons. The van der Waals surface area contributed by atoms with Gasteiger partial charge in [0.15, 0.2) is 5.69 Å². The van der Waals surface area contributed by atoms with E-state index < -0.39 is 0 Å². The molecule has 0 bridgehead atoms. The van der Waals surface area contributed by atoms with E-state index in [1.165, 1.54) is 0 Å². The maximum atomic E-state index is 13.0. The SMILES string of the molecule is CN1CCN(C(=O)c2nc(C(=O)Nc3ccc(Cl)cc3)c3ccccn23)CC1. The zero-order chi connectivity index (χ0) is 19.7. The Morgan fingerprint density at radius 2 is 1.75 bits per heavy atom. The van der Waals surface area contributed by atoms with Crippen LogP contribution in [0.3, 0.4) is 0 Å². The number of pyridine rings is 1. The molecule has 1 aliphatic heterocycles. The third-order valence-corrected chi connectivity index (χ3v) is 5.10. The minimum atomic E-state index is -0.372. The van der Waals surface area contributed by atoms with Crippen LogP contribution in [0.1, 0.15) is 21.1 Å². The summed E-state index contributed by atoms with van der Waals surface area (Å²) >= 11 is 5.89. The number of imidazole rings is 1. The normalized spacial score (nSPS) is 15.0. The Hall–Kier alpha value is -2.90. The molecular formula is C20H20ClN5O2. The highest BCUT2D eigenvalue weighted by molar-refractivity contribution is 6.30. The summed E-state index contributed by atoms with van der Waals surface area (Å²) in [5.41, 5.74) is 1.41. The fraction of sp³-hybridized carbons (Fsp3) is 0.250. The average molecular weight is 398 g/mol. The van der Waals surface area contributed by atoms with Gasteiger partial charge in [0.05, 0.1) is 5.52 Å². The number of carbonyl (C=O) groups excluding carboxylic acids is 2. The van der Waals surface area contributed by atoms with Crippen molar-refractivity contribution in [1.82, 2.24) is 19.2 Å². The van der Waals surface area contributed by atoms with E-state index in [-0.39, 0.29) is 23.3 Å². The molecule has 0 unspecified atom stereocenters. The van der Waals surface area contributed by atoms with E-state index in [1.54, 1.807) is 45.8 Å². The van der Waals surface area contributed by atoms with Crippen LogP contribution >= 0.6 is 11.6 Å². The number of aromatic nitrogens is 2. The average Bonchev–Trinajstić information content (AvgIpc) is 3.10. The molecule has 2 aromatic heterocycles. The van der Waals surface area contributed by atoms with Gasteiger partial charge in [0.2, 0.25) is 5.82 Å². The molecule has 2 amide bonds. The van der Waals surface area contributed by atoms with Crippen LogP contribution in [0, 0.1) is 0 Å². The van der Waals surface area contributed by atoms with Crippen LogP contribution in [-0.2, 0) is 0 Å². The van der Waals surface area contributed by atoms with Crippen LogP contribution in [0.2, 0.25) is 5.02 Å². The smallest absolute Gasteiger partial charge is 0.290 e. The van der Waals surface area contributed by atoms with Crippen molar-refractivity contribution in [3.8, 4) is 0 Å². The van der Waals surface area contributed by atoms with E-state index in [0.29, 0.717) is 29.3 Å². The van der Waals surface area contributed by atoms with Crippen molar-refractivity contribution in [3.05, 3.63) is 65.2 Å². The maximum absolute atomic E-state index is 13.0. The first-order chi connectivity index (χ1) is 13.5. The van der Waals surface area contributed by atoms with Crippen molar-refractivity contribution in [3.63, 3.8) is 0 Å². The van der Waals surface area contributed by atoms with E-state index in [9.17, 15) is 9.59 Å². The second-order valence-corrected chi connectivity index (χ2v) is 7.23. The predicted molar refractivity (Wildman–Crippen MR) is 108 cm³/mol. The van der Waals surface area contributed by atoms with Crippen LogP contribution < -0.4 is 5.32 Å². The molecule has 1 aromatic carbocycles. The number of carbonyl (C=O) groups is 2. The molecular weight excluding hydrogens is 378 g/mol. The molecule has 1 aliphatic rings. The summed E-state index contributed by atoms with van der Waals surface area (Å²) in [5.74, 6) is -0.287. The van der Waals surface area contributed by atoms with Gasteiger partial charge in [-0.15, -0.1) is 0 Å². The topological polar surface area (TPSA) is 69.9 Å². The van der Waals surface area contributed by atoms with Gasteiger partial charge in [-0.05, 0) is 43.4 Å². The first-order valence-electron chi connectivity index (χ1n) is 9.05. The van der Waals surface area contributed by atoms with Crippen molar-refractivity contribution in [2.45, 2.75) is 0 Å². The zero-order valence-corrected chi connectivity index (χ0v) is 16.2. The number of amides is 2. The molecule has 28 heavy (non-hydrogen) atoms. The number of benzene rings is 1. The van der Waals surface area contributed by atoms with Gasteiger partial charge in [-0.2, -0.15) is 0 Å². The largest absolute Gasteiger partial charge is 0.333 e. The molecule has 1 saturated heterocycles. The summed E-state index contributed by atoms with van der Waals surface area (Å²) in [6.45, 7) is 2.92. The number of halogens is 1. The van der Waals surface area contributed by atoms with E-state index in [2.05, 4.69) is 15.2 Å². The monoisotopic (exact) mass is 397 g/mol. The first-order valence-corrected chi connectivity index (χ1v) is 9.42. The lowest BCUT2D eigenvalue weighted by atomic mass is 10.3. The summed E-state index contributed by atoms with van der Waals surface area (Å²) in [6.07, 6.45) is 1.75. The van der Waals surface area contributed by atoms with Crippen LogP contribution in [0.25, 0.3) is 5.52 Å².